The van der Waals surface area contributed by atoms with Crippen molar-refractivity contribution in [2.45, 2.75) is 13.3 Å². The number of Topliss-reactive ketones (excluding diaryl/α,β-unsaturated/α-hetero) is 1. The molecule has 0 aliphatic carbocycles. The van der Waals surface area contributed by atoms with E-state index in [1.165, 1.54) is 4.90 Å². The lowest BCUT2D eigenvalue weighted by Crippen LogP contribution is -3.05. The van der Waals surface area contributed by atoms with Crippen molar-refractivity contribution in [1.82, 2.24) is 0 Å². The molecule has 1 N–H and O–H groups in total. The summed E-state index contributed by atoms with van der Waals surface area (Å²) < 4.78 is 0. The highest BCUT2D eigenvalue weighted by Crippen LogP contribution is 1.72. The lowest BCUT2D eigenvalue weighted by molar-refractivity contribution is -0.857. The molecule has 0 rings (SSSR count). The van der Waals surface area contributed by atoms with Crippen molar-refractivity contribution >= 4 is 5.78 Å². The van der Waals surface area contributed by atoms with Crippen LogP contribution < -0.4 is 4.90 Å². The molecular formula is C6H14NO+. The van der Waals surface area contributed by atoms with E-state index >= 15 is 0 Å². The second-order valence-electron chi connectivity index (χ2n) is 2.41. The van der Waals surface area contributed by atoms with Crippen molar-refractivity contribution < 1.29 is 9.69 Å². The zero-order valence-corrected chi connectivity index (χ0v) is 5.82. The molecule has 0 aromatic heterocycles. The number of hydrogen-bond acceptors (Lipinski definition) is 1. The summed E-state index contributed by atoms with van der Waals surface area (Å²) in [5, 5.41) is 0. The molecule has 0 aromatic rings. The molecule has 0 aromatic carbocycles. The predicted molar refractivity (Wildman–Crippen MR) is 33.0 cm³/mol. The first kappa shape index (κ1) is 7.63. The van der Waals surface area contributed by atoms with Gasteiger partial charge < -0.3 is 4.90 Å². The van der Waals surface area contributed by atoms with E-state index in [1.807, 2.05) is 14.1 Å². The average molecular weight is 116 g/mol. The third-order valence-electron chi connectivity index (χ3n) is 0.977. The zero-order chi connectivity index (χ0) is 6.57. The van der Waals surface area contributed by atoms with Gasteiger partial charge in [0.15, 0.2) is 0 Å². The average Bonchev–Trinajstić information content (AvgIpc) is 1.61. The molecule has 8 heavy (non-hydrogen) atoms. The summed E-state index contributed by atoms with van der Waals surface area (Å²) in [6.07, 6.45) is 0.711. The monoisotopic (exact) mass is 116 g/mol. The highest BCUT2D eigenvalue weighted by atomic mass is 16.1. The van der Waals surface area contributed by atoms with Crippen LogP contribution in [0.15, 0.2) is 0 Å². The molecule has 0 bridgehead atoms. The van der Waals surface area contributed by atoms with Crippen molar-refractivity contribution in [2.75, 3.05) is 20.6 Å². The molecule has 0 radical (unpaired) electrons. The van der Waals surface area contributed by atoms with E-state index in [0.29, 0.717) is 6.42 Å². The van der Waals surface area contributed by atoms with Gasteiger partial charge in [0.25, 0.3) is 0 Å². The fraction of sp³-hybridized carbons (Fsp3) is 0.833. The molecule has 0 heterocycles. The maximum Gasteiger partial charge on any atom is 0.135 e. The smallest absolute Gasteiger partial charge is 0.135 e. The molecule has 48 valence electrons. The second kappa shape index (κ2) is 3.61. The Hall–Kier alpha value is -0.370. The Kier molecular flexibility index (Phi) is 3.44. The topological polar surface area (TPSA) is 21.5 Å². The van der Waals surface area contributed by atoms with Gasteiger partial charge in [0.05, 0.1) is 27.1 Å². The first-order valence-corrected chi connectivity index (χ1v) is 2.91. The molecule has 0 atom stereocenters. The van der Waals surface area contributed by atoms with E-state index in [4.69, 9.17) is 0 Å². The molecule has 0 aliphatic heterocycles. The number of ketones is 1. The maximum absolute atomic E-state index is 10.3. The third kappa shape index (κ3) is 5.63. The summed E-state index contributed by atoms with van der Waals surface area (Å²) in [4.78, 5) is 11.7. The van der Waals surface area contributed by atoms with Gasteiger partial charge in [0.2, 0.25) is 0 Å². The minimum absolute atomic E-state index is 0.284. The minimum Gasteiger partial charge on any atom is -0.339 e. The molecule has 0 amide bonds. The van der Waals surface area contributed by atoms with E-state index in [0.717, 1.165) is 6.54 Å². The lowest BCUT2D eigenvalue weighted by atomic mass is 10.3. The normalized spacial score (nSPS) is 10.0. The Morgan fingerprint density at radius 3 is 2.12 bits per heavy atom. The molecule has 0 spiro atoms. The van der Waals surface area contributed by atoms with E-state index in [-0.39, 0.29) is 5.78 Å². The van der Waals surface area contributed by atoms with Crippen LogP contribution in [0, 0.1) is 0 Å². The van der Waals surface area contributed by atoms with Crippen molar-refractivity contribution in [2.24, 2.45) is 0 Å². The van der Waals surface area contributed by atoms with Crippen molar-refractivity contribution in [1.29, 1.82) is 0 Å². The van der Waals surface area contributed by atoms with Gasteiger partial charge in [-0.1, -0.05) is 0 Å². The predicted octanol–water partition coefficient (Wildman–Crippen LogP) is -0.890. The number of nitrogens with one attached hydrogen (secondary N) is 1. The van der Waals surface area contributed by atoms with Crippen molar-refractivity contribution in [3.05, 3.63) is 0 Å². The first-order chi connectivity index (χ1) is 3.63. The Balaban J connectivity index is 3.05. The van der Waals surface area contributed by atoms with Gasteiger partial charge in [0.1, 0.15) is 5.78 Å². The Bertz CT molecular complexity index is 78.6. The number of quaternary nitrogens is 1. The first-order valence-electron chi connectivity index (χ1n) is 2.91. The van der Waals surface area contributed by atoms with E-state index in [9.17, 15) is 4.79 Å². The SMILES string of the molecule is CC(=O)CC[NH+](C)C. The van der Waals surface area contributed by atoms with Gasteiger partial charge in [-0.05, 0) is 6.92 Å². The molecule has 0 aliphatic rings. The minimum atomic E-state index is 0.284. The van der Waals surface area contributed by atoms with Crippen LogP contribution in [0.3, 0.4) is 0 Å². The number of carbonyl (C=O) groups excluding carboxylic acids is 1. The quantitative estimate of drug-likeness (QED) is 0.507. The van der Waals surface area contributed by atoms with Crippen molar-refractivity contribution in [3.8, 4) is 0 Å². The van der Waals surface area contributed by atoms with Crippen LogP contribution >= 0.6 is 0 Å². The van der Waals surface area contributed by atoms with Crippen LogP contribution in [-0.4, -0.2) is 26.4 Å². The molecule has 0 saturated heterocycles. The van der Waals surface area contributed by atoms with E-state index in [1.54, 1.807) is 6.92 Å². The molecule has 2 heteroatoms. The van der Waals surface area contributed by atoms with Gasteiger partial charge in [-0.25, -0.2) is 0 Å². The van der Waals surface area contributed by atoms with Crippen LogP contribution in [-0.2, 0) is 4.79 Å². The van der Waals surface area contributed by atoms with Crippen LogP contribution in [0.2, 0.25) is 0 Å². The second-order valence-corrected chi connectivity index (χ2v) is 2.41. The summed E-state index contributed by atoms with van der Waals surface area (Å²) in [5.41, 5.74) is 0. The Morgan fingerprint density at radius 2 is 2.00 bits per heavy atom. The summed E-state index contributed by atoms with van der Waals surface area (Å²) in [6, 6.07) is 0. The van der Waals surface area contributed by atoms with Crippen LogP contribution in [0.4, 0.5) is 0 Å². The van der Waals surface area contributed by atoms with Crippen LogP contribution in [0.5, 0.6) is 0 Å². The summed E-state index contributed by atoms with van der Waals surface area (Å²) in [5.74, 6) is 0.284. The fourth-order valence-electron chi connectivity index (χ4n) is 0.426. The summed E-state index contributed by atoms with van der Waals surface area (Å²) in [6.45, 7) is 2.58. The number of carbonyl (C=O) groups is 1. The largest absolute Gasteiger partial charge is 0.339 e. The lowest BCUT2D eigenvalue weighted by Gasteiger charge is -2.02. The van der Waals surface area contributed by atoms with Crippen LogP contribution in [0.25, 0.3) is 0 Å². The molecule has 2 nitrogen and oxygen atoms in total. The van der Waals surface area contributed by atoms with Crippen LogP contribution in [0.1, 0.15) is 13.3 Å². The van der Waals surface area contributed by atoms with Gasteiger partial charge in [-0.3, -0.25) is 4.79 Å². The molecule has 0 saturated carbocycles. The van der Waals surface area contributed by atoms with Gasteiger partial charge in [-0.15, -0.1) is 0 Å². The zero-order valence-electron chi connectivity index (χ0n) is 5.82. The highest BCUT2D eigenvalue weighted by molar-refractivity contribution is 5.75. The Morgan fingerprint density at radius 1 is 1.50 bits per heavy atom. The van der Waals surface area contributed by atoms with Gasteiger partial charge in [0, 0.05) is 0 Å². The van der Waals surface area contributed by atoms with E-state index < -0.39 is 0 Å². The molecule has 0 fully saturated rings. The summed E-state index contributed by atoms with van der Waals surface area (Å²) >= 11 is 0. The summed E-state index contributed by atoms with van der Waals surface area (Å²) in [7, 11) is 4.09. The maximum atomic E-state index is 10.3. The molecular weight excluding hydrogens is 102 g/mol. The van der Waals surface area contributed by atoms with Gasteiger partial charge >= 0.3 is 0 Å². The fourth-order valence-corrected chi connectivity index (χ4v) is 0.426. The van der Waals surface area contributed by atoms with Crippen molar-refractivity contribution in [3.63, 3.8) is 0 Å². The third-order valence-corrected chi connectivity index (χ3v) is 0.977. The molecule has 0 unspecified atom stereocenters. The number of rotatable bonds is 3. The van der Waals surface area contributed by atoms with Gasteiger partial charge in [-0.2, -0.15) is 0 Å². The highest BCUT2D eigenvalue weighted by Gasteiger charge is 1.95. The number of hydrogen-bond donors (Lipinski definition) is 1. The standard InChI is InChI=1S/C6H13NO/c1-6(8)4-5-7(2)3/h4-5H2,1-3H3/p+1. The van der Waals surface area contributed by atoms with E-state index in [2.05, 4.69) is 0 Å². The Labute approximate surface area is 50.5 Å².